The number of methoxy groups -OCH3 is 2. The van der Waals surface area contributed by atoms with Crippen molar-refractivity contribution in [3.05, 3.63) is 77.9 Å². The smallest absolute Gasteiger partial charge is 0.304 e. The van der Waals surface area contributed by atoms with Gasteiger partial charge in [-0.2, -0.15) is 0 Å². The summed E-state index contributed by atoms with van der Waals surface area (Å²) in [5, 5.41) is 11.2. The van der Waals surface area contributed by atoms with Crippen LogP contribution >= 0.6 is 0 Å². The Bertz CT molecular complexity index is 1950. The Morgan fingerprint density at radius 3 is 2.39 bits per heavy atom. The van der Waals surface area contributed by atoms with Crippen molar-refractivity contribution in [3.63, 3.8) is 0 Å². The van der Waals surface area contributed by atoms with E-state index in [0.29, 0.717) is 29.2 Å². The largest absolute Gasteiger partial charge is 0.497 e. The summed E-state index contributed by atoms with van der Waals surface area (Å²) >= 11 is 0. The molecule has 3 aromatic rings. The molecule has 0 aliphatic carbocycles. The average Bonchev–Trinajstić information content (AvgIpc) is 3.81. The zero-order valence-corrected chi connectivity index (χ0v) is 32.7. The Balaban J connectivity index is 1.28. The fraction of sp³-hybridized carbons (Fsp3) is 0.463. The van der Waals surface area contributed by atoms with Gasteiger partial charge >= 0.3 is 5.97 Å². The van der Waals surface area contributed by atoms with E-state index in [-0.39, 0.29) is 61.2 Å². The number of nitrogens with zero attached hydrogens (tertiary/aromatic N) is 3. The van der Waals surface area contributed by atoms with E-state index >= 15 is 4.79 Å². The molecule has 0 radical (unpaired) electrons. The third-order valence-electron chi connectivity index (χ3n) is 12.1. The number of likely N-dealkylation sites (tertiary alicyclic amines) is 1. The molecule has 1 unspecified atom stereocenters. The SMILES string of the molecule is COc1ccc([Si](C)(C)[C@@H]2[C@@H](CC(=O)N3CCC[C@H]3CO)O[C@]3(C(=O)N(Cc4cccc(N5C(=O)CC5OC(C)=O)c4)c4ccc(OC)cc43)[C@H]2C)cc1. The molecule has 4 aliphatic heterocycles. The van der Waals surface area contributed by atoms with Crippen LogP contribution in [0.2, 0.25) is 18.6 Å². The number of anilines is 2. The van der Waals surface area contributed by atoms with E-state index in [9.17, 15) is 19.5 Å². The van der Waals surface area contributed by atoms with E-state index < -0.39 is 32.0 Å². The second-order valence-electron chi connectivity index (χ2n) is 15.4. The maximum Gasteiger partial charge on any atom is 0.304 e. The lowest BCUT2D eigenvalue weighted by Crippen LogP contribution is -2.54. The molecule has 1 spiro atoms. The van der Waals surface area contributed by atoms with Gasteiger partial charge < -0.3 is 33.9 Å². The van der Waals surface area contributed by atoms with Gasteiger partial charge in [0, 0.05) is 30.6 Å². The van der Waals surface area contributed by atoms with Crippen molar-refractivity contribution < 1.29 is 43.2 Å². The van der Waals surface area contributed by atoms with Crippen LogP contribution < -0.4 is 24.5 Å². The molecule has 3 aromatic carbocycles. The number of carbonyl (C=O) groups is 4. The Hall–Kier alpha value is -4.72. The zero-order chi connectivity index (χ0) is 38.5. The van der Waals surface area contributed by atoms with Gasteiger partial charge in [0.05, 0.1) is 66.1 Å². The molecule has 13 heteroatoms. The zero-order valence-electron chi connectivity index (χ0n) is 31.7. The van der Waals surface area contributed by atoms with Crippen LogP contribution in [0.5, 0.6) is 11.5 Å². The minimum absolute atomic E-state index is 0.0806. The molecule has 3 saturated heterocycles. The van der Waals surface area contributed by atoms with Gasteiger partial charge in [0.1, 0.15) is 11.5 Å². The molecule has 7 rings (SSSR count). The van der Waals surface area contributed by atoms with Crippen LogP contribution in [0.4, 0.5) is 11.4 Å². The van der Waals surface area contributed by atoms with Crippen molar-refractivity contribution >= 4 is 48.3 Å². The third kappa shape index (κ3) is 6.25. The Morgan fingerprint density at radius 2 is 1.72 bits per heavy atom. The Morgan fingerprint density at radius 1 is 1.00 bits per heavy atom. The molecule has 12 nitrogen and oxygen atoms in total. The van der Waals surface area contributed by atoms with Crippen LogP contribution in [-0.2, 0) is 40.8 Å². The van der Waals surface area contributed by atoms with E-state index in [2.05, 4.69) is 32.2 Å². The highest BCUT2D eigenvalue weighted by Crippen LogP contribution is 2.60. The number of rotatable bonds is 11. The van der Waals surface area contributed by atoms with Crippen molar-refractivity contribution in [1.29, 1.82) is 0 Å². The van der Waals surface area contributed by atoms with Gasteiger partial charge in [-0.1, -0.05) is 49.5 Å². The molecular formula is C41H49N3O9Si. The number of β-lactam (4-membered cyclic amide) rings is 1. The minimum atomic E-state index is -2.52. The summed E-state index contributed by atoms with van der Waals surface area (Å²) in [4.78, 5) is 58.7. The third-order valence-corrected chi connectivity index (χ3v) is 16.4. The van der Waals surface area contributed by atoms with Crippen molar-refractivity contribution in [2.45, 2.75) is 88.7 Å². The fourth-order valence-electron chi connectivity index (χ4n) is 9.39. The molecule has 1 N–H and O–H groups in total. The van der Waals surface area contributed by atoms with Crippen LogP contribution in [-0.4, -0.2) is 87.5 Å². The maximum atomic E-state index is 15.3. The van der Waals surface area contributed by atoms with Gasteiger partial charge in [0.25, 0.3) is 5.91 Å². The topological polar surface area (TPSA) is 135 Å². The summed E-state index contributed by atoms with van der Waals surface area (Å²) in [5.74, 6) is 0.0549. The number of amides is 3. The number of ether oxygens (including phenoxy) is 4. The first-order valence-electron chi connectivity index (χ1n) is 18.6. The maximum absolute atomic E-state index is 15.3. The molecule has 3 fully saturated rings. The van der Waals surface area contributed by atoms with Crippen LogP contribution in [0.15, 0.2) is 66.7 Å². The van der Waals surface area contributed by atoms with Gasteiger partial charge in [-0.3, -0.25) is 24.1 Å². The summed E-state index contributed by atoms with van der Waals surface area (Å²) in [5.41, 5.74) is 1.15. The van der Waals surface area contributed by atoms with E-state index in [1.54, 1.807) is 30.1 Å². The molecule has 0 bridgehead atoms. The van der Waals surface area contributed by atoms with Crippen LogP contribution in [0, 0.1) is 5.92 Å². The van der Waals surface area contributed by atoms with E-state index in [1.807, 2.05) is 48.5 Å². The summed E-state index contributed by atoms with van der Waals surface area (Å²) in [6.07, 6.45) is 0.519. The van der Waals surface area contributed by atoms with Gasteiger partial charge in [0.15, 0.2) is 11.8 Å². The Labute approximate surface area is 316 Å². The van der Waals surface area contributed by atoms with E-state index in [4.69, 9.17) is 18.9 Å². The molecule has 3 amide bonds. The predicted octanol–water partition coefficient (Wildman–Crippen LogP) is 4.47. The van der Waals surface area contributed by atoms with Crippen molar-refractivity contribution in [1.82, 2.24) is 4.90 Å². The summed E-state index contributed by atoms with van der Waals surface area (Å²) < 4.78 is 23.7. The molecule has 6 atom stereocenters. The van der Waals surface area contributed by atoms with Crippen molar-refractivity contribution in [3.8, 4) is 11.5 Å². The monoisotopic (exact) mass is 755 g/mol. The van der Waals surface area contributed by atoms with Crippen LogP contribution in [0.25, 0.3) is 0 Å². The number of aliphatic hydroxyl groups excluding tert-OH is 1. The number of esters is 1. The fourth-order valence-corrected chi connectivity index (χ4v) is 13.4. The minimum Gasteiger partial charge on any atom is -0.497 e. The van der Waals surface area contributed by atoms with E-state index in [0.717, 1.165) is 29.3 Å². The number of aliphatic hydroxyl groups is 1. The van der Waals surface area contributed by atoms with Crippen molar-refractivity contribution in [2.75, 3.05) is 37.2 Å². The predicted molar refractivity (Wildman–Crippen MR) is 204 cm³/mol. The number of fused-ring (bicyclic) bond motifs is 2. The first-order valence-corrected chi connectivity index (χ1v) is 21.7. The first-order chi connectivity index (χ1) is 25.8. The molecule has 4 heterocycles. The number of hydrogen-bond acceptors (Lipinski definition) is 9. The molecule has 286 valence electrons. The lowest BCUT2D eigenvalue weighted by atomic mass is 9.82. The van der Waals surface area contributed by atoms with Gasteiger partial charge in [-0.25, -0.2) is 0 Å². The second-order valence-corrected chi connectivity index (χ2v) is 20.1. The average molecular weight is 756 g/mol. The molecule has 0 saturated carbocycles. The quantitative estimate of drug-likeness (QED) is 0.171. The highest BCUT2D eigenvalue weighted by molar-refractivity contribution is 6.91. The van der Waals surface area contributed by atoms with Crippen LogP contribution in [0.1, 0.15) is 50.7 Å². The number of benzene rings is 3. The second kappa shape index (κ2) is 14.5. The molecule has 4 aliphatic rings. The number of hydrogen-bond donors (Lipinski definition) is 1. The summed E-state index contributed by atoms with van der Waals surface area (Å²) in [6.45, 7) is 8.62. The standard InChI is InChI=1S/C41H49N3O9Si/c1-25-39(54(5,6)32-15-12-30(50-3)13-16-32)35(21-36(47)42-18-8-11-29(42)24-45)53-41(25)33-20-31(51-4)14-17-34(33)43(40(41)49)23-27-9-7-10-28(19-27)44-37(48)22-38(44)52-26(2)46/h7,9-10,12-17,19-20,25,29,35,38-39,45H,8,11,18,21-24H2,1-6H3/t25-,29-,35+,38?,39-,41+/m0/s1. The molecule has 54 heavy (non-hydrogen) atoms. The normalized spacial score (nSPS) is 26.3. The summed E-state index contributed by atoms with van der Waals surface area (Å²) in [6, 6.07) is 20.8. The van der Waals surface area contributed by atoms with Gasteiger partial charge in [0.2, 0.25) is 11.8 Å². The highest BCUT2D eigenvalue weighted by Gasteiger charge is 2.66. The highest BCUT2D eigenvalue weighted by atomic mass is 28.3. The number of carbonyl (C=O) groups excluding carboxylic acids is 4. The summed E-state index contributed by atoms with van der Waals surface area (Å²) in [7, 11) is 0.704. The van der Waals surface area contributed by atoms with Crippen molar-refractivity contribution in [2.24, 2.45) is 5.92 Å². The van der Waals surface area contributed by atoms with Crippen LogP contribution in [0.3, 0.4) is 0 Å². The Kier molecular flexibility index (Phi) is 10.1. The lowest BCUT2D eigenvalue weighted by Gasteiger charge is -2.39. The first kappa shape index (κ1) is 37.6. The van der Waals surface area contributed by atoms with Gasteiger partial charge in [-0.15, -0.1) is 0 Å². The molecule has 0 aromatic heterocycles. The van der Waals surface area contributed by atoms with Gasteiger partial charge in [-0.05, 0) is 66.4 Å². The van der Waals surface area contributed by atoms with E-state index in [1.165, 1.54) is 11.8 Å². The molecular weight excluding hydrogens is 707 g/mol. The lowest BCUT2D eigenvalue weighted by molar-refractivity contribution is -0.154.